The molecule has 2 bridgehead atoms. The molecule has 122 valence electrons. The van der Waals surface area contributed by atoms with Gasteiger partial charge in [-0.15, -0.1) is 0 Å². The van der Waals surface area contributed by atoms with Gasteiger partial charge in [-0.2, -0.15) is 0 Å². The summed E-state index contributed by atoms with van der Waals surface area (Å²) in [5.74, 6) is 2.46. The topological polar surface area (TPSA) is 58.3 Å². The van der Waals surface area contributed by atoms with Gasteiger partial charge in [0.1, 0.15) is 17.9 Å². The maximum absolute atomic E-state index is 5.56. The number of oxazole rings is 1. The highest BCUT2D eigenvalue weighted by molar-refractivity contribution is 5.41. The fourth-order valence-electron chi connectivity index (χ4n) is 3.79. The predicted octanol–water partition coefficient (Wildman–Crippen LogP) is 2.36. The van der Waals surface area contributed by atoms with Crippen molar-refractivity contribution in [3.8, 4) is 0 Å². The maximum Gasteiger partial charge on any atom is 0.181 e. The summed E-state index contributed by atoms with van der Waals surface area (Å²) < 4.78 is 5.56. The SMILES string of the molecule is Cc1cc(N2CC3CC(C2)N3Cc2ncoc2C(C)C)ncn1. The van der Waals surface area contributed by atoms with Crippen LogP contribution in [0.15, 0.2) is 23.2 Å². The molecular formula is C17H23N5O. The number of fused-ring (bicyclic) bond motifs is 2. The van der Waals surface area contributed by atoms with E-state index in [1.807, 2.05) is 6.92 Å². The number of hydrogen-bond donors (Lipinski definition) is 0. The van der Waals surface area contributed by atoms with E-state index in [0.717, 1.165) is 42.6 Å². The van der Waals surface area contributed by atoms with Gasteiger partial charge >= 0.3 is 0 Å². The minimum atomic E-state index is 0.383. The van der Waals surface area contributed by atoms with Gasteiger partial charge in [-0.3, -0.25) is 4.90 Å². The first kappa shape index (κ1) is 14.6. The lowest BCUT2D eigenvalue weighted by molar-refractivity contribution is -0.0100. The van der Waals surface area contributed by atoms with Crippen molar-refractivity contribution in [2.24, 2.45) is 0 Å². The predicted molar refractivity (Wildman–Crippen MR) is 87.3 cm³/mol. The molecule has 2 aromatic heterocycles. The summed E-state index contributed by atoms with van der Waals surface area (Å²) in [7, 11) is 0. The lowest BCUT2D eigenvalue weighted by Crippen LogP contribution is -2.68. The number of rotatable bonds is 4. The summed E-state index contributed by atoms with van der Waals surface area (Å²) in [6.07, 6.45) is 4.51. The number of anilines is 1. The van der Waals surface area contributed by atoms with Crippen molar-refractivity contribution < 1.29 is 4.42 Å². The molecule has 6 nitrogen and oxygen atoms in total. The zero-order valence-electron chi connectivity index (χ0n) is 13.9. The quantitative estimate of drug-likeness (QED) is 0.863. The Hall–Kier alpha value is -1.95. The molecule has 5 rings (SSSR count). The normalized spacial score (nSPS) is 24.1. The molecule has 23 heavy (non-hydrogen) atoms. The van der Waals surface area contributed by atoms with Gasteiger partial charge in [-0.05, 0) is 13.3 Å². The molecule has 2 aromatic rings. The number of aromatic nitrogens is 3. The van der Waals surface area contributed by atoms with Gasteiger partial charge in [-0.1, -0.05) is 13.8 Å². The summed E-state index contributed by atoms with van der Waals surface area (Å²) in [6, 6.07) is 3.24. The molecule has 3 aliphatic heterocycles. The Bertz CT molecular complexity index is 686. The number of piperidine rings is 1. The summed E-state index contributed by atoms with van der Waals surface area (Å²) in [4.78, 5) is 18.0. The molecule has 3 aliphatic rings. The molecule has 0 spiro atoms. The lowest BCUT2D eigenvalue weighted by Gasteiger charge is -2.56. The molecule has 0 saturated carbocycles. The third kappa shape index (κ3) is 2.61. The molecule has 3 fully saturated rings. The van der Waals surface area contributed by atoms with Crippen molar-refractivity contribution in [1.82, 2.24) is 19.9 Å². The van der Waals surface area contributed by atoms with Crippen LogP contribution in [0.2, 0.25) is 0 Å². The molecule has 0 aromatic carbocycles. The average Bonchev–Trinajstić information content (AvgIpc) is 3.01. The molecule has 2 unspecified atom stereocenters. The fraction of sp³-hybridized carbons (Fsp3) is 0.588. The van der Waals surface area contributed by atoms with E-state index in [1.54, 1.807) is 12.7 Å². The standard InChI is InChI=1S/C17H23N5O/c1-11(2)17-15(20-10-23-17)8-22-13-5-14(22)7-21(6-13)16-4-12(3)18-9-19-16/h4,9-11,13-14H,5-8H2,1-3H3. The average molecular weight is 313 g/mol. The van der Waals surface area contributed by atoms with E-state index >= 15 is 0 Å². The van der Waals surface area contributed by atoms with Gasteiger partial charge in [0.15, 0.2) is 6.39 Å². The van der Waals surface area contributed by atoms with E-state index in [-0.39, 0.29) is 0 Å². The Morgan fingerprint density at radius 2 is 2.00 bits per heavy atom. The fourth-order valence-corrected chi connectivity index (χ4v) is 3.79. The number of aryl methyl sites for hydroxylation is 1. The summed E-state index contributed by atoms with van der Waals surface area (Å²) in [5, 5.41) is 0. The van der Waals surface area contributed by atoms with E-state index in [2.05, 4.69) is 44.7 Å². The van der Waals surface area contributed by atoms with Crippen LogP contribution >= 0.6 is 0 Å². The Balaban J connectivity index is 1.45. The van der Waals surface area contributed by atoms with Crippen molar-refractivity contribution in [2.45, 2.75) is 51.7 Å². The second-order valence-electron chi connectivity index (χ2n) is 6.96. The summed E-state index contributed by atoms with van der Waals surface area (Å²) in [6.45, 7) is 9.28. The lowest BCUT2D eigenvalue weighted by atomic mass is 9.87. The van der Waals surface area contributed by atoms with Crippen LogP contribution in [0.4, 0.5) is 5.82 Å². The van der Waals surface area contributed by atoms with Crippen LogP contribution in [-0.4, -0.2) is 45.0 Å². The third-order valence-corrected chi connectivity index (χ3v) is 4.99. The smallest absolute Gasteiger partial charge is 0.181 e. The maximum atomic E-state index is 5.56. The zero-order valence-corrected chi connectivity index (χ0v) is 13.9. The molecule has 2 atom stereocenters. The van der Waals surface area contributed by atoms with Gasteiger partial charge in [-0.25, -0.2) is 15.0 Å². The van der Waals surface area contributed by atoms with Gasteiger partial charge in [0.05, 0.1) is 5.69 Å². The Morgan fingerprint density at radius 1 is 1.22 bits per heavy atom. The first-order valence-corrected chi connectivity index (χ1v) is 8.33. The van der Waals surface area contributed by atoms with Gasteiger partial charge in [0.25, 0.3) is 0 Å². The molecule has 0 N–H and O–H groups in total. The molecule has 0 radical (unpaired) electrons. The van der Waals surface area contributed by atoms with Crippen LogP contribution in [0.5, 0.6) is 0 Å². The molecule has 6 heteroatoms. The van der Waals surface area contributed by atoms with Crippen LogP contribution < -0.4 is 4.90 Å². The van der Waals surface area contributed by atoms with E-state index < -0.39 is 0 Å². The van der Waals surface area contributed by atoms with E-state index in [4.69, 9.17) is 4.42 Å². The molecular weight excluding hydrogens is 290 g/mol. The largest absolute Gasteiger partial charge is 0.448 e. The van der Waals surface area contributed by atoms with Gasteiger partial charge < -0.3 is 9.32 Å². The van der Waals surface area contributed by atoms with Gasteiger partial charge in [0, 0.05) is 49.4 Å². The van der Waals surface area contributed by atoms with Crippen molar-refractivity contribution in [1.29, 1.82) is 0 Å². The monoisotopic (exact) mass is 313 g/mol. The molecule has 3 saturated heterocycles. The Labute approximate surface area is 136 Å². The van der Waals surface area contributed by atoms with Crippen molar-refractivity contribution >= 4 is 5.82 Å². The highest BCUT2D eigenvalue weighted by Gasteiger charge is 2.45. The van der Waals surface area contributed by atoms with Crippen molar-refractivity contribution in [2.75, 3.05) is 18.0 Å². The molecule has 0 amide bonds. The molecule has 0 aliphatic carbocycles. The van der Waals surface area contributed by atoms with E-state index in [9.17, 15) is 0 Å². The van der Waals surface area contributed by atoms with Crippen LogP contribution in [0.1, 0.15) is 43.3 Å². The van der Waals surface area contributed by atoms with Crippen LogP contribution in [0.25, 0.3) is 0 Å². The van der Waals surface area contributed by atoms with E-state index in [0.29, 0.717) is 18.0 Å². The third-order valence-electron chi connectivity index (χ3n) is 4.99. The first-order chi connectivity index (χ1) is 11.1. The first-order valence-electron chi connectivity index (χ1n) is 8.33. The highest BCUT2D eigenvalue weighted by atomic mass is 16.3. The minimum absolute atomic E-state index is 0.383. The second kappa shape index (κ2) is 5.60. The van der Waals surface area contributed by atoms with Crippen molar-refractivity contribution in [3.05, 3.63) is 35.9 Å². The number of piperazine rings is 1. The number of hydrogen-bond acceptors (Lipinski definition) is 6. The summed E-state index contributed by atoms with van der Waals surface area (Å²) in [5.41, 5.74) is 2.12. The van der Waals surface area contributed by atoms with Crippen LogP contribution in [0, 0.1) is 6.92 Å². The highest BCUT2D eigenvalue weighted by Crippen LogP contribution is 2.36. The van der Waals surface area contributed by atoms with Crippen LogP contribution in [-0.2, 0) is 6.54 Å². The van der Waals surface area contributed by atoms with Gasteiger partial charge in [0.2, 0.25) is 0 Å². The van der Waals surface area contributed by atoms with Crippen molar-refractivity contribution in [3.63, 3.8) is 0 Å². The summed E-state index contributed by atoms with van der Waals surface area (Å²) >= 11 is 0. The second-order valence-corrected chi connectivity index (χ2v) is 6.96. The minimum Gasteiger partial charge on any atom is -0.448 e. The number of nitrogens with zero attached hydrogens (tertiary/aromatic N) is 5. The Kier molecular flexibility index (Phi) is 3.56. The van der Waals surface area contributed by atoms with E-state index in [1.165, 1.54) is 6.42 Å². The Morgan fingerprint density at radius 3 is 2.70 bits per heavy atom. The molecule has 5 heterocycles. The van der Waals surface area contributed by atoms with Crippen LogP contribution in [0.3, 0.4) is 0 Å². The zero-order chi connectivity index (χ0) is 16.0.